The molecule has 1 aromatic carbocycles. The zero-order chi connectivity index (χ0) is 19.6. The van der Waals surface area contributed by atoms with E-state index in [2.05, 4.69) is 0 Å². The van der Waals surface area contributed by atoms with E-state index in [1.165, 1.54) is 17.0 Å². The van der Waals surface area contributed by atoms with Crippen molar-refractivity contribution >= 4 is 23.4 Å². The second-order valence-electron chi connectivity index (χ2n) is 7.18. The molecule has 0 bridgehead atoms. The summed E-state index contributed by atoms with van der Waals surface area (Å²) in [5.74, 6) is -0.695. The Bertz CT molecular complexity index is 722. The summed E-state index contributed by atoms with van der Waals surface area (Å²) < 4.78 is 13.2. The van der Waals surface area contributed by atoms with E-state index < -0.39 is 6.04 Å². The SMILES string of the molecule is CN(C)C(=O)C1CN(c2ccc(F)cc2)CCN1C(=O)CN1CCCC1=O. The molecule has 2 aliphatic rings. The molecule has 27 heavy (non-hydrogen) atoms. The van der Waals surface area contributed by atoms with E-state index in [9.17, 15) is 18.8 Å². The van der Waals surface area contributed by atoms with Gasteiger partial charge >= 0.3 is 0 Å². The van der Waals surface area contributed by atoms with E-state index in [0.717, 1.165) is 12.1 Å². The lowest BCUT2D eigenvalue weighted by Gasteiger charge is -2.42. The van der Waals surface area contributed by atoms with Gasteiger partial charge in [-0.15, -0.1) is 0 Å². The highest BCUT2D eigenvalue weighted by Gasteiger charge is 2.37. The molecule has 2 heterocycles. The van der Waals surface area contributed by atoms with Gasteiger partial charge in [-0.05, 0) is 30.7 Å². The maximum absolute atomic E-state index is 13.2. The number of likely N-dealkylation sites (N-methyl/N-ethyl adjacent to an activating group) is 1. The first-order valence-corrected chi connectivity index (χ1v) is 9.15. The molecule has 0 radical (unpaired) electrons. The van der Waals surface area contributed by atoms with Crippen molar-refractivity contribution in [3.63, 3.8) is 0 Å². The number of halogens is 1. The molecule has 0 aromatic heterocycles. The van der Waals surface area contributed by atoms with Crippen LogP contribution in [0, 0.1) is 5.82 Å². The second-order valence-corrected chi connectivity index (χ2v) is 7.18. The summed E-state index contributed by atoms with van der Waals surface area (Å²) in [7, 11) is 3.32. The van der Waals surface area contributed by atoms with Gasteiger partial charge in [-0.3, -0.25) is 14.4 Å². The summed E-state index contributed by atoms with van der Waals surface area (Å²) in [5.41, 5.74) is 0.815. The van der Waals surface area contributed by atoms with Crippen LogP contribution in [0.2, 0.25) is 0 Å². The normalized spacial score (nSPS) is 20.2. The van der Waals surface area contributed by atoms with E-state index in [0.29, 0.717) is 32.6 Å². The smallest absolute Gasteiger partial charge is 0.246 e. The summed E-state index contributed by atoms with van der Waals surface area (Å²) in [6.07, 6.45) is 1.25. The van der Waals surface area contributed by atoms with Gasteiger partial charge in [0, 0.05) is 52.4 Å². The van der Waals surface area contributed by atoms with E-state index in [1.54, 1.807) is 36.0 Å². The number of carbonyl (C=O) groups excluding carboxylic acids is 3. The minimum absolute atomic E-state index is 0.0104. The van der Waals surface area contributed by atoms with Gasteiger partial charge in [0.05, 0.1) is 6.54 Å². The molecule has 0 aliphatic carbocycles. The number of likely N-dealkylation sites (tertiary alicyclic amines) is 1. The molecule has 0 spiro atoms. The Morgan fingerprint density at radius 2 is 1.85 bits per heavy atom. The van der Waals surface area contributed by atoms with Crippen LogP contribution in [0.3, 0.4) is 0 Å². The minimum Gasteiger partial charge on any atom is -0.367 e. The molecule has 1 aromatic rings. The van der Waals surface area contributed by atoms with Crippen LogP contribution in [0.1, 0.15) is 12.8 Å². The number of hydrogen-bond donors (Lipinski definition) is 0. The fourth-order valence-electron chi connectivity index (χ4n) is 3.60. The Kier molecular flexibility index (Phi) is 5.62. The summed E-state index contributed by atoms with van der Waals surface area (Å²) in [6, 6.07) is 5.48. The number of benzene rings is 1. The van der Waals surface area contributed by atoms with Crippen LogP contribution in [-0.2, 0) is 14.4 Å². The predicted molar refractivity (Wildman–Crippen MR) is 98.6 cm³/mol. The molecule has 2 fully saturated rings. The molecule has 2 saturated heterocycles. The van der Waals surface area contributed by atoms with Crippen molar-refractivity contribution in [2.24, 2.45) is 0 Å². The first kappa shape index (κ1) is 19.1. The molecule has 0 N–H and O–H groups in total. The number of carbonyl (C=O) groups is 3. The van der Waals surface area contributed by atoms with Crippen LogP contribution >= 0.6 is 0 Å². The van der Waals surface area contributed by atoms with Gasteiger partial charge < -0.3 is 19.6 Å². The summed E-state index contributed by atoms with van der Waals surface area (Å²) in [5, 5.41) is 0. The molecular formula is C19H25FN4O3. The van der Waals surface area contributed by atoms with Crippen molar-refractivity contribution in [3.05, 3.63) is 30.1 Å². The maximum Gasteiger partial charge on any atom is 0.246 e. The van der Waals surface area contributed by atoms with Gasteiger partial charge in [-0.1, -0.05) is 0 Å². The van der Waals surface area contributed by atoms with E-state index >= 15 is 0 Å². The Hall–Kier alpha value is -2.64. The van der Waals surface area contributed by atoms with Crippen molar-refractivity contribution in [1.82, 2.24) is 14.7 Å². The second kappa shape index (κ2) is 7.94. The standard InChI is InChI=1S/C19H25FN4O3/c1-21(2)19(27)16-12-22(15-7-5-14(20)6-8-15)10-11-24(16)18(26)13-23-9-3-4-17(23)25/h5-8,16H,3-4,9-13H2,1-2H3. The van der Waals surface area contributed by atoms with Crippen molar-refractivity contribution in [2.75, 3.05) is 51.7 Å². The van der Waals surface area contributed by atoms with Crippen molar-refractivity contribution in [2.45, 2.75) is 18.9 Å². The molecule has 0 saturated carbocycles. The summed E-state index contributed by atoms with van der Waals surface area (Å²) in [4.78, 5) is 43.9. The van der Waals surface area contributed by atoms with Crippen LogP contribution in [0.15, 0.2) is 24.3 Å². The van der Waals surface area contributed by atoms with Crippen LogP contribution in [0.5, 0.6) is 0 Å². The molecular weight excluding hydrogens is 351 g/mol. The quantitative estimate of drug-likeness (QED) is 0.770. The lowest BCUT2D eigenvalue weighted by molar-refractivity contribution is -0.147. The fraction of sp³-hybridized carbons (Fsp3) is 0.526. The van der Waals surface area contributed by atoms with E-state index in [4.69, 9.17) is 0 Å². The van der Waals surface area contributed by atoms with Gasteiger partial charge in [0.25, 0.3) is 0 Å². The third kappa shape index (κ3) is 4.20. The van der Waals surface area contributed by atoms with Crippen molar-refractivity contribution in [1.29, 1.82) is 0 Å². The Morgan fingerprint density at radius 3 is 2.44 bits per heavy atom. The van der Waals surface area contributed by atoms with Crippen LogP contribution in [0.25, 0.3) is 0 Å². The van der Waals surface area contributed by atoms with Crippen LogP contribution < -0.4 is 4.90 Å². The molecule has 1 unspecified atom stereocenters. The molecule has 3 rings (SSSR count). The average molecular weight is 376 g/mol. The van der Waals surface area contributed by atoms with Crippen LogP contribution in [0.4, 0.5) is 10.1 Å². The van der Waals surface area contributed by atoms with Gasteiger partial charge in [-0.25, -0.2) is 4.39 Å². The summed E-state index contributed by atoms with van der Waals surface area (Å²) >= 11 is 0. The zero-order valence-corrected chi connectivity index (χ0v) is 15.7. The number of amides is 3. The number of anilines is 1. The van der Waals surface area contributed by atoms with Gasteiger partial charge in [-0.2, -0.15) is 0 Å². The highest BCUT2D eigenvalue weighted by atomic mass is 19.1. The zero-order valence-electron chi connectivity index (χ0n) is 15.7. The molecule has 1 atom stereocenters. The molecule has 8 heteroatoms. The highest BCUT2D eigenvalue weighted by molar-refractivity contribution is 5.91. The lowest BCUT2D eigenvalue weighted by Crippen LogP contribution is -2.61. The van der Waals surface area contributed by atoms with Crippen molar-refractivity contribution < 1.29 is 18.8 Å². The van der Waals surface area contributed by atoms with E-state index in [1.807, 2.05) is 4.90 Å². The first-order valence-electron chi connectivity index (χ1n) is 9.15. The largest absolute Gasteiger partial charge is 0.367 e. The number of piperazine rings is 1. The predicted octanol–water partition coefficient (Wildman–Crippen LogP) is 0.553. The number of hydrogen-bond acceptors (Lipinski definition) is 4. The lowest BCUT2D eigenvalue weighted by atomic mass is 10.1. The third-order valence-electron chi connectivity index (χ3n) is 5.12. The Balaban J connectivity index is 1.75. The van der Waals surface area contributed by atoms with Crippen molar-refractivity contribution in [3.8, 4) is 0 Å². The number of rotatable bonds is 4. The minimum atomic E-state index is -0.635. The molecule has 2 aliphatic heterocycles. The molecule has 7 nitrogen and oxygen atoms in total. The topological polar surface area (TPSA) is 64.2 Å². The molecule has 146 valence electrons. The number of nitrogens with zero attached hydrogens (tertiary/aromatic N) is 4. The Labute approximate surface area is 158 Å². The van der Waals surface area contributed by atoms with Gasteiger partial charge in [0.2, 0.25) is 17.7 Å². The van der Waals surface area contributed by atoms with E-state index in [-0.39, 0.29) is 30.1 Å². The van der Waals surface area contributed by atoms with Crippen LogP contribution in [-0.4, -0.2) is 85.3 Å². The Morgan fingerprint density at radius 1 is 1.15 bits per heavy atom. The summed E-state index contributed by atoms with van der Waals surface area (Å²) in [6.45, 7) is 1.87. The molecule has 3 amide bonds. The first-order chi connectivity index (χ1) is 12.9. The maximum atomic E-state index is 13.2. The average Bonchev–Trinajstić information content (AvgIpc) is 3.05. The third-order valence-corrected chi connectivity index (χ3v) is 5.12. The fourth-order valence-corrected chi connectivity index (χ4v) is 3.60. The monoisotopic (exact) mass is 376 g/mol. The van der Waals surface area contributed by atoms with Gasteiger partial charge in [0.1, 0.15) is 11.9 Å². The highest BCUT2D eigenvalue weighted by Crippen LogP contribution is 2.21. The van der Waals surface area contributed by atoms with Gasteiger partial charge in [0.15, 0.2) is 0 Å².